The standard InChI is InChI=1S/C25H32N4/c1-18(2)28-21-11-9-20(10-12-21)14-25(16-24(25,4)17-26)29(22-6-5-7-22)23-13-8-19(3)15-27-23/h8-13,15,18,22,28H,5-7,14,16H2,1-4H3. The highest BCUT2D eigenvalue weighted by Gasteiger charge is 2.69. The minimum atomic E-state index is -0.343. The Hall–Kier alpha value is -2.54. The normalized spacial score (nSPS) is 25.9. The first-order chi connectivity index (χ1) is 13.9. The summed E-state index contributed by atoms with van der Waals surface area (Å²) in [5.41, 5.74) is 3.08. The highest BCUT2D eigenvalue weighted by Crippen LogP contribution is 2.63. The van der Waals surface area contributed by atoms with E-state index in [1.165, 1.54) is 30.4 Å². The molecule has 2 aromatic rings. The van der Waals surface area contributed by atoms with Gasteiger partial charge in [-0.25, -0.2) is 4.98 Å². The maximum Gasteiger partial charge on any atom is 0.129 e. The van der Waals surface area contributed by atoms with Gasteiger partial charge >= 0.3 is 0 Å². The van der Waals surface area contributed by atoms with Crippen LogP contribution in [0.15, 0.2) is 42.6 Å². The van der Waals surface area contributed by atoms with Crippen molar-refractivity contribution in [3.63, 3.8) is 0 Å². The lowest BCUT2D eigenvalue weighted by atomic mass is 9.85. The number of nitriles is 1. The van der Waals surface area contributed by atoms with E-state index in [1.54, 1.807) is 0 Å². The molecule has 2 aliphatic rings. The molecule has 4 nitrogen and oxygen atoms in total. The molecular weight excluding hydrogens is 356 g/mol. The van der Waals surface area contributed by atoms with E-state index in [4.69, 9.17) is 4.98 Å². The van der Waals surface area contributed by atoms with Gasteiger partial charge in [0.15, 0.2) is 0 Å². The molecule has 0 amide bonds. The van der Waals surface area contributed by atoms with Gasteiger partial charge in [0.05, 0.1) is 17.0 Å². The van der Waals surface area contributed by atoms with Crippen molar-refractivity contribution >= 4 is 11.5 Å². The van der Waals surface area contributed by atoms with Crippen LogP contribution >= 0.6 is 0 Å². The van der Waals surface area contributed by atoms with Gasteiger partial charge in [-0.05, 0) is 89.1 Å². The third kappa shape index (κ3) is 3.59. The SMILES string of the molecule is Cc1ccc(N(C2CCC2)C2(Cc3ccc(NC(C)C)cc3)CC2(C)C#N)nc1. The molecule has 2 saturated carbocycles. The molecule has 29 heavy (non-hydrogen) atoms. The van der Waals surface area contributed by atoms with Crippen LogP contribution in [0.1, 0.15) is 57.6 Å². The fraction of sp³-hybridized carbons (Fsp3) is 0.520. The highest BCUT2D eigenvalue weighted by atomic mass is 15.3. The summed E-state index contributed by atoms with van der Waals surface area (Å²) >= 11 is 0. The van der Waals surface area contributed by atoms with Crippen LogP contribution in [-0.4, -0.2) is 22.6 Å². The van der Waals surface area contributed by atoms with Gasteiger partial charge in [0.25, 0.3) is 0 Å². The van der Waals surface area contributed by atoms with Gasteiger partial charge in [-0.2, -0.15) is 5.26 Å². The molecule has 0 radical (unpaired) electrons. The second-order valence-corrected chi connectivity index (χ2v) is 9.47. The van der Waals surface area contributed by atoms with Gasteiger partial charge < -0.3 is 10.2 Å². The molecule has 0 bridgehead atoms. The van der Waals surface area contributed by atoms with Crippen molar-refractivity contribution in [1.29, 1.82) is 5.26 Å². The smallest absolute Gasteiger partial charge is 0.129 e. The first-order valence-corrected chi connectivity index (χ1v) is 10.9. The first-order valence-electron chi connectivity index (χ1n) is 10.9. The van der Waals surface area contributed by atoms with Crippen molar-refractivity contribution in [1.82, 2.24) is 4.98 Å². The van der Waals surface area contributed by atoms with Gasteiger partial charge in [0.2, 0.25) is 0 Å². The third-order valence-electron chi connectivity index (χ3n) is 6.74. The molecule has 2 fully saturated rings. The molecule has 0 saturated heterocycles. The Morgan fingerprint density at radius 1 is 1.21 bits per heavy atom. The molecule has 152 valence electrons. The summed E-state index contributed by atoms with van der Waals surface area (Å²) in [6.45, 7) is 8.50. The first kappa shape index (κ1) is 19.8. The zero-order chi connectivity index (χ0) is 20.6. The molecule has 2 atom stereocenters. The van der Waals surface area contributed by atoms with E-state index >= 15 is 0 Å². The second-order valence-electron chi connectivity index (χ2n) is 9.47. The lowest BCUT2D eigenvalue weighted by molar-refractivity contribution is 0.327. The van der Waals surface area contributed by atoms with Crippen molar-refractivity contribution in [3.05, 3.63) is 53.7 Å². The molecule has 1 aromatic carbocycles. The van der Waals surface area contributed by atoms with E-state index in [9.17, 15) is 5.26 Å². The summed E-state index contributed by atoms with van der Waals surface area (Å²) in [6.07, 6.45) is 7.38. The fourth-order valence-corrected chi connectivity index (χ4v) is 4.77. The molecule has 0 spiro atoms. The van der Waals surface area contributed by atoms with Crippen molar-refractivity contribution in [2.75, 3.05) is 10.2 Å². The fourth-order valence-electron chi connectivity index (χ4n) is 4.77. The van der Waals surface area contributed by atoms with Crippen LogP contribution in [0, 0.1) is 23.7 Å². The molecule has 4 heteroatoms. The van der Waals surface area contributed by atoms with Crippen LogP contribution in [-0.2, 0) is 6.42 Å². The number of hydrogen-bond donors (Lipinski definition) is 1. The van der Waals surface area contributed by atoms with E-state index in [0.717, 1.165) is 24.3 Å². The van der Waals surface area contributed by atoms with E-state index in [1.807, 2.05) is 6.20 Å². The molecule has 1 heterocycles. The topological polar surface area (TPSA) is 52.0 Å². The molecule has 2 unspecified atom stereocenters. The largest absolute Gasteiger partial charge is 0.383 e. The zero-order valence-corrected chi connectivity index (χ0v) is 18.1. The Balaban J connectivity index is 1.67. The summed E-state index contributed by atoms with van der Waals surface area (Å²) < 4.78 is 0. The van der Waals surface area contributed by atoms with E-state index in [2.05, 4.69) is 80.4 Å². The summed E-state index contributed by atoms with van der Waals surface area (Å²) in [5.74, 6) is 1.03. The Bertz CT molecular complexity index is 892. The summed E-state index contributed by atoms with van der Waals surface area (Å²) in [6, 6.07) is 16.6. The Kier molecular flexibility index (Phi) is 5.02. The van der Waals surface area contributed by atoms with Crippen LogP contribution in [0.3, 0.4) is 0 Å². The number of anilines is 2. The van der Waals surface area contributed by atoms with Gasteiger partial charge in [-0.15, -0.1) is 0 Å². The summed E-state index contributed by atoms with van der Waals surface area (Å²) in [7, 11) is 0. The lowest BCUT2D eigenvalue weighted by Crippen LogP contribution is -2.52. The molecule has 2 aliphatic carbocycles. The minimum absolute atomic E-state index is 0.178. The number of aryl methyl sites for hydroxylation is 1. The van der Waals surface area contributed by atoms with Crippen LogP contribution in [0.2, 0.25) is 0 Å². The molecule has 1 aromatic heterocycles. The minimum Gasteiger partial charge on any atom is -0.383 e. The predicted octanol–water partition coefficient (Wildman–Crippen LogP) is 5.48. The number of hydrogen-bond acceptors (Lipinski definition) is 4. The zero-order valence-electron chi connectivity index (χ0n) is 18.1. The Labute approximate surface area is 175 Å². The van der Waals surface area contributed by atoms with Gasteiger partial charge in [0, 0.05) is 24.0 Å². The maximum absolute atomic E-state index is 10.0. The van der Waals surface area contributed by atoms with Crippen LogP contribution in [0.25, 0.3) is 0 Å². The van der Waals surface area contributed by atoms with Crippen molar-refractivity contribution in [2.45, 2.75) is 77.4 Å². The Morgan fingerprint density at radius 2 is 1.93 bits per heavy atom. The number of pyridine rings is 1. The van der Waals surface area contributed by atoms with Gasteiger partial charge in [0.1, 0.15) is 5.82 Å². The van der Waals surface area contributed by atoms with Crippen LogP contribution in [0.5, 0.6) is 0 Å². The summed E-state index contributed by atoms with van der Waals surface area (Å²) in [5, 5.41) is 13.5. The Morgan fingerprint density at radius 3 is 2.41 bits per heavy atom. The van der Waals surface area contributed by atoms with Gasteiger partial charge in [-0.1, -0.05) is 18.2 Å². The van der Waals surface area contributed by atoms with Crippen LogP contribution < -0.4 is 10.2 Å². The second kappa shape index (κ2) is 7.37. The van der Waals surface area contributed by atoms with Crippen molar-refractivity contribution < 1.29 is 0 Å². The third-order valence-corrected chi connectivity index (χ3v) is 6.74. The lowest BCUT2D eigenvalue weighted by Gasteiger charge is -2.45. The average molecular weight is 389 g/mol. The molecule has 0 aliphatic heterocycles. The van der Waals surface area contributed by atoms with Crippen LogP contribution in [0.4, 0.5) is 11.5 Å². The van der Waals surface area contributed by atoms with Gasteiger partial charge in [-0.3, -0.25) is 0 Å². The number of benzene rings is 1. The maximum atomic E-state index is 10.0. The van der Waals surface area contributed by atoms with E-state index in [-0.39, 0.29) is 11.0 Å². The number of aromatic nitrogens is 1. The van der Waals surface area contributed by atoms with Crippen molar-refractivity contribution in [2.24, 2.45) is 5.41 Å². The van der Waals surface area contributed by atoms with E-state index in [0.29, 0.717) is 12.1 Å². The predicted molar refractivity (Wildman–Crippen MR) is 119 cm³/mol. The quantitative estimate of drug-likeness (QED) is 0.682. The molecule has 1 N–H and O–H groups in total. The molecular formula is C25H32N4. The number of nitrogens with one attached hydrogen (secondary N) is 1. The number of rotatable bonds is 7. The number of nitrogens with zero attached hydrogens (tertiary/aromatic N) is 3. The highest BCUT2D eigenvalue weighted by molar-refractivity contribution is 5.54. The molecule has 4 rings (SSSR count). The average Bonchev–Trinajstić information content (AvgIpc) is 3.25. The monoisotopic (exact) mass is 388 g/mol. The van der Waals surface area contributed by atoms with E-state index < -0.39 is 0 Å². The van der Waals surface area contributed by atoms with Crippen molar-refractivity contribution in [3.8, 4) is 6.07 Å². The summed E-state index contributed by atoms with van der Waals surface area (Å²) in [4.78, 5) is 7.30.